The fraction of sp³-hybridized carbons (Fsp3) is 0.368. The molecule has 0 radical (unpaired) electrons. The fourth-order valence-corrected chi connectivity index (χ4v) is 4.02. The molecular formula is C19H20F2N2. The third kappa shape index (κ3) is 2.56. The molecular weight excluding hydrogens is 294 g/mol. The number of rotatable bonds is 2. The van der Waals surface area contributed by atoms with Gasteiger partial charge in [0.25, 0.3) is 0 Å². The number of piperazine rings is 1. The lowest BCUT2D eigenvalue weighted by Crippen LogP contribution is -2.52. The molecule has 1 saturated heterocycles. The van der Waals surface area contributed by atoms with Gasteiger partial charge in [-0.15, -0.1) is 0 Å². The largest absolute Gasteiger partial charge is 0.311 e. The van der Waals surface area contributed by atoms with Crippen LogP contribution in [0.15, 0.2) is 48.5 Å². The average molecular weight is 314 g/mol. The maximum absolute atomic E-state index is 14.8. The number of hydrogen-bond donors (Lipinski definition) is 1. The van der Waals surface area contributed by atoms with Crippen molar-refractivity contribution in [1.29, 1.82) is 0 Å². The summed E-state index contributed by atoms with van der Waals surface area (Å²) in [6.07, 6.45) is 0.746. The molecule has 0 bridgehead atoms. The Morgan fingerprint density at radius 1 is 0.913 bits per heavy atom. The second-order valence-electron chi connectivity index (χ2n) is 6.33. The van der Waals surface area contributed by atoms with Gasteiger partial charge in [0, 0.05) is 24.7 Å². The summed E-state index contributed by atoms with van der Waals surface area (Å²) in [7, 11) is 0. The number of nitrogens with one attached hydrogen (secondary N) is 1. The van der Waals surface area contributed by atoms with Crippen LogP contribution in [-0.4, -0.2) is 24.3 Å². The SMILES string of the molecule is Fc1ccccc1C1CNCC(F)N1C1CCc2ccccc21. The maximum Gasteiger partial charge on any atom is 0.167 e. The van der Waals surface area contributed by atoms with Crippen LogP contribution in [0.25, 0.3) is 0 Å². The van der Waals surface area contributed by atoms with E-state index in [0.29, 0.717) is 18.7 Å². The van der Waals surface area contributed by atoms with Gasteiger partial charge in [-0.3, -0.25) is 4.90 Å². The zero-order valence-electron chi connectivity index (χ0n) is 12.9. The van der Waals surface area contributed by atoms with E-state index in [-0.39, 0.29) is 17.9 Å². The van der Waals surface area contributed by atoms with Crippen molar-refractivity contribution in [2.45, 2.75) is 31.2 Å². The summed E-state index contributed by atoms with van der Waals surface area (Å²) in [6, 6.07) is 14.7. The zero-order valence-corrected chi connectivity index (χ0v) is 12.9. The van der Waals surface area contributed by atoms with E-state index < -0.39 is 6.30 Å². The summed E-state index contributed by atoms with van der Waals surface area (Å²) in [5, 5.41) is 3.10. The molecule has 1 aliphatic heterocycles. The predicted octanol–water partition coefficient (Wildman–Crippen LogP) is 3.76. The summed E-state index contributed by atoms with van der Waals surface area (Å²) in [4.78, 5) is 1.88. The summed E-state index contributed by atoms with van der Waals surface area (Å²) < 4.78 is 29.1. The monoisotopic (exact) mass is 314 g/mol. The first-order valence-electron chi connectivity index (χ1n) is 8.20. The van der Waals surface area contributed by atoms with Gasteiger partial charge in [0.2, 0.25) is 0 Å². The molecule has 3 atom stereocenters. The molecule has 2 aromatic rings. The molecule has 1 aliphatic carbocycles. The Morgan fingerprint density at radius 3 is 2.48 bits per heavy atom. The minimum Gasteiger partial charge on any atom is -0.311 e. The first kappa shape index (κ1) is 14.8. The molecule has 1 fully saturated rings. The van der Waals surface area contributed by atoms with Gasteiger partial charge in [-0.05, 0) is 30.0 Å². The van der Waals surface area contributed by atoms with Crippen molar-refractivity contribution in [3.8, 4) is 0 Å². The van der Waals surface area contributed by atoms with Gasteiger partial charge in [0.15, 0.2) is 6.30 Å². The van der Waals surface area contributed by atoms with Crippen LogP contribution in [0.4, 0.5) is 8.78 Å². The number of hydrogen-bond acceptors (Lipinski definition) is 2. The van der Waals surface area contributed by atoms with Crippen molar-refractivity contribution in [2.24, 2.45) is 0 Å². The zero-order chi connectivity index (χ0) is 15.8. The Bertz CT molecular complexity index is 703. The van der Waals surface area contributed by atoms with E-state index in [4.69, 9.17) is 0 Å². The van der Waals surface area contributed by atoms with E-state index >= 15 is 0 Å². The standard InChI is InChI=1S/C19H20F2N2/c20-16-8-4-3-7-15(16)18-11-22-12-19(21)23(18)17-10-9-13-5-1-2-6-14(13)17/h1-8,17-19,22H,9-12H2. The highest BCUT2D eigenvalue weighted by Gasteiger charge is 2.40. The van der Waals surface area contributed by atoms with Crippen LogP contribution >= 0.6 is 0 Å². The summed E-state index contributed by atoms with van der Waals surface area (Å²) in [5.74, 6) is -0.260. The van der Waals surface area contributed by atoms with E-state index in [1.54, 1.807) is 12.1 Å². The Hall–Kier alpha value is -1.78. The molecule has 0 aromatic heterocycles. The van der Waals surface area contributed by atoms with E-state index in [1.807, 2.05) is 23.1 Å². The Kier molecular flexibility index (Phi) is 3.87. The molecule has 4 rings (SSSR count). The number of nitrogens with zero attached hydrogens (tertiary/aromatic N) is 1. The predicted molar refractivity (Wildman–Crippen MR) is 86.2 cm³/mol. The number of alkyl halides is 1. The van der Waals surface area contributed by atoms with Crippen molar-refractivity contribution >= 4 is 0 Å². The lowest BCUT2D eigenvalue weighted by molar-refractivity contribution is -0.0238. The van der Waals surface area contributed by atoms with Gasteiger partial charge >= 0.3 is 0 Å². The Balaban J connectivity index is 1.73. The first-order valence-corrected chi connectivity index (χ1v) is 8.20. The molecule has 1 heterocycles. The maximum atomic E-state index is 14.8. The van der Waals surface area contributed by atoms with Crippen molar-refractivity contribution in [1.82, 2.24) is 10.2 Å². The van der Waals surface area contributed by atoms with Crippen LogP contribution in [0, 0.1) is 5.82 Å². The average Bonchev–Trinajstić information content (AvgIpc) is 2.99. The van der Waals surface area contributed by atoms with Crippen LogP contribution < -0.4 is 5.32 Å². The lowest BCUT2D eigenvalue weighted by atomic mass is 9.97. The minimum atomic E-state index is -1.11. The molecule has 4 heteroatoms. The quantitative estimate of drug-likeness (QED) is 0.849. The highest BCUT2D eigenvalue weighted by Crippen LogP contribution is 2.42. The third-order valence-electron chi connectivity index (χ3n) is 5.06. The van der Waals surface area contributed by atoms with Gasteiger partial charge < -0.3 is 5.32 Å². The highest BCUT2D eigenvalue weighted by atomic mass is 19.1. The van der Waals surface area contributed by atoms with Crippen LogP contribution in [0.1, 0.15) is 35.2 Å². The van der Waals surface area contributed by atoms with Crippen LogP contribution in [0.2, 0.25) is 0 Å². The molecule has 2 aromatic carbocycles. The first-order chi connectivity index (χ1) is 11.3. The summed E-state index contributed by atoms with van der Waals surface area (Å²) in [6.45, 7) is 0.865. The summed E-state index contributed by atoms with van der Waals surface area (Å²) in [5.41, 5.74) is 3.06. The normalized spacial score (nSPS) is 27.8. The summed E-state index contributed by atoms with van der Waals surface area (Å²) >= 11 is 0. The minimum absolute atomic E-state index is 0.0212. The molecule has 3 unspecified atom stereocenters. The number of aryl methyl sites for hydroxylation is 1. The smallest absolute Gasteiger partial charge is 0.167 e. The van der Waals surface area contributed by atoms with Gasteiger partial charge in [-0.1, -0.05) is 42.5 Å². The molecule has 120 valence electrons. The molecule has 23 heavy (non-hydrogen) atoms. The molecule has 2 nitrogen and oxygen atoms in total. The van der Waals surface area contributed by atoms with Crippen LogP contribution in [0.5, 0.6) is 0 Å². The van der Waals surface area contributed by atoms with Crippen molar-refractivity contribution in [2.75, 3.05) is 13.1 Å². The fourth-order valence-electron chi connectivity index (χ4n) is 4.02. The lowest BCUT2D eigenvalue weighted by Gasteiger charge is -2.43. The molecule has 1 N–H and O–H groups in total. The van der Waals surface area contributed by atoms with Crippen molar-refractivity contribution < 1.29 is 8.78 Å². The third-order valence-corrected chi connectivity index (χ3v) is 5.06. The van der Waals surface area contributed by atoms with Crippen molar-refractivity contribution in [3.63, 3.8) is 0 Å². The highest BCUT2D eigenvalue weighted by molar-refractivity contribution is 5.35. The Labute approximate surface area is 135 Å². The molecule has 0 spiro atoms. The van der Waals surface area contributed by atoms with E-state index in [2.05, 4.69) is 17.4 Å². The second-order valence-corrected chi connectivity index (χ2v) is 6.33. The second kappa shape index (κ2) is 6.02. The number of benzene rings is 2. The topological polar surface area (TPSA) is 15.3 Å². The van der Waals surface area contributed by atoms with Crippen molar-refractivity contribution in [3.05, 3.63) is 71.0 Å². The van der Waals surface area contributed by atoms with E-state index in [1.165, 1.54) is 17.2 Å². The van der Waals surface area contributed by atoms with Crippen LogP contribution in [0.3, 0.4) is 0 Å². The van der Waals surface area contributed by atoms with E-state index in [0.717, 1.165) is 12.8 Å². The molecule has 0 amide bonds. The van der Waals surface area contributed by atoms with Crippen LogP contribution in [-0.2, 0) is 6.42 Å². The van der Waals surface area contributed by atoms with Gasteiger partial charge in [0.1, 0.15) is 5.82 Å². The number of fused-ring (bicyclic) bond motifs is 1. The molecule has 0 saturated carbocycles. The molecule has 2 aliphatic rings. The Morgan fingerprint density at radius 2 is 1.65 bits per heavy atom. The van der Waals surface area contributed by atoms with E-state index in [9.17, 15) is 8.78 Å². The number of halogens is 2. The van der Waals surface area contributed by atoms with Gasteiger partial charge in [0.05, 0.1) is 6.04 Å². The van der Waals surface area contributed by atoms with Gasteiger partial charge in [-0.25, -0.2) is 8.78 Å². The van der Waals surface area contributed by atoms with Gasteiger partial charge in [-0.2, -0.15) is 0 Å².